The molecule has 0 aliphatic rings. The number of aromatic nitrogens is 1. The van der Waals surface area contributed by atoms with Crippen molar-refractivity contribution < 1.29 is 8.78 Å². The van der Waals surface area contributed by atoms with Crippen molar-refractivity contribution in [1.82, 2.24) is 4.37 Å². The highest BCUT2D eigenvalue weighted by molar-refractivity contribution is 7.13. The van der Waals surface area contributed by atoms with Gasteiger partial charge >= 0.3 is 0 Å². The van der Waals surface area contributed by atoms with Gasteiger partial charge in [0.15, 0.2) is 11.6 Å². The number of rotatable bonds is 1. The molecule has 0 amide bonds. The summed E-state index contributed by atoms with van der Waals surface area (Å²) in [6.07, 6.45) is 0. The summed E-state index contributed by atoms with van der Waals surface area (Å²) in [6.45, 7) is 0.241. The average molecular weight is 200 g/mol. The smallest absolute Gasteiger partial charge is 0.160 e. The number of hydrogen-bond donors (Lipinski definition) is 1. The highest BCUT2D eigenvalue weighted by atomic mass is 32.1. The third-order valence-electron chi connectivity index (χ3n) is 1.78. The molecule has 0 spiro atoms. The number of halogens is 2. The summed E-state index contributed by atoms with van der Waals surface area (Å²) in [5.41, 5.74) is 5.99. The van der Waals surface area contributed by atoms with Gasteiger partial charge in [-0.1, -0.05) is 0 Å². The Morgan fingerprint density at radius 1 is 1.31 bits per heavy atom. The molecule has 68 valence electrons. The van der Waals surface area contributed by atoms with Crippen LogP contribution in [0.4, 0.5) is 8.78 Å². The van der Waals surface area contributed by atoms with Gasteiger partial charge in [-0.25, -0.2) is 8.78 Å². The third-order valence-corrected chi connectivity index (χ3v) is 2.63. The zero-order valence-corrected chi connectivity index (χ0v) is 7.37. The molecule has 0 aliphatic heterocycles. The van der Waals surface area contributed by atoms with Crippen molar-refractivity contribution >= 4 is 21.6 Å². The molecular weight excluding hydrogens is 194 g/mol. The second-order valence-corrected chi connectivity index (χ2v) is 3.40. The van der Waals surface area contributed by atoms with Gasteiger partial charge in [-0.3, -0.25) is 0 Å². The number of nitrogens with zero attached hydrogens (tertiary/aromatic N) is 1. The van der Waals surface area contributed by atoms with Crippen molar-refractivity contribution in [3.8, 4) is 0 Å². The SMILES string of the molecule is NCc1nsc2cc(F)c(F)cc12. The van der Waals surface area contributed by atoms with E-state index in [-0.39, 0.29) is 6.54 Å². The van der Waals surface area contributed by atoms with Crippen LogP contribution < -0.4 is 5.73 Å². The summed E-state index contributed by atoms with van der Waals surface area (Å²) < 4.78 is 30.1. The van der Waals surface area contributed by atoms with Crippen LogP contribution in [0.15, 0.2) is 12.1 Å². The average Bonchev–Trinajstić information content (AvgIpc) is 2.48. The number of benzene rings is 1. The second-order valence-electron chi connectivity index (χ2n) is 2.60. The molecule has 13 heavy (non-hydrogen) atoms. The molecule has 1 aromatic carbocycles. The predicted octanol–water partition coefficient (Wildman–Crippen LogP) is 2.03. The fourth-order valence-electron chi connectivity index (χ4n) is 1.13. The molecule has 2 aromatic rings. The maximum atomic E-state index is 12.8. The van der Waals surface area contributed by atoms with E-state index in [0.29, 0.717) is 15.8 Å². The second kappa shape index (κ2) is 3.01. The van der Waals surface area contributed by atoms with E-state index in [9.17, 15) is 8.78 Å². The Morgan fingerprint density at radius 3 is 2.69 bits per heavy atom. The van der Waals surface area contributed by atoms with Gasteiger partial charge in [0.1, 0.15) is 0 Å². The van der Waals surface area contributed by atoms with Crippen LogP contribution in [0, 0.1) is 11.6 Å². The quantitative estimate of drug-likeness (QED) is 0.765. The molecule has 1 heterocycles. The number of nitrogens with two attached hydrogens (primary N) is 1. The fourth-order valence-corrected chi connectivity index (χ4v) is 1.94. The first-order valence-electron chi connectivity index (χ1n) is 3.65. The lowest BCUT2D eigenvalue weighted by molar-refractivity contribution is 0.511. The van der Waals surface area contributed by atoms with E-state index in [1.54, 1.807) is 0 Å². The van der Waals surface area contributed by atoms with Gasteiger partial charge in [-0.05, 0) is 23.7 Å². The Bertz CT molecular complexity index is 453. The molecule has 0 saturated carbocycles. The summed E-state index contributed by atoms with van der Waals surface area (Å²) >= 11 is 1.12. The fraction of sp³-hybridized carbons (Fsp3) is 0.125. The lowest BCUT2D eigenvalue weighted by Crippen LogP contribution is -1.96. The van der Waals surface area contributed by atoms with Crippen LogP contribution in [0.5, 0.6) is 0 Å². The molecule has 0 radical (unpaired) electrons. The number of hydrogen-bond acceptors (Lipinski definition) is 3. The maximum Gasteiger partial charge on any atom is 0.160 e. The zero-order valence-electron chi connectivity index (χ0n) is 6.55. The molecule has 0 fully saturated rings. The minimum Gasteiger partial charge on any atom is -0.325 e. The minimum atomic E-state index is -0.859. The van der Waals surface area contributed by atoms with Crippen molar-refractivity contribution in [1.29, 1.82) is 0 Å². The molecular formula is C8H6F2N2S. The maximum absolute atomic E-state index is 12.8. The van der Waals surface area contributed by atoms with Crippen molar-refractivity contribution in [2.45, 2.75) is 6.54 Å². The molecule has 0 aliphatic carbocycles. The summed E-state index contributed by atoms with van der Waals surface area (Å²) in [5.74, 6) is -1.71. The van der Waals surface area contributed by atoms with Crippen LogP contribution in [0.2, 0.25) is 0 Å². The van der Waals surface area contributed by atoms with E-state index in [1.807, 2.05) is 0 Å². The van der Waals surface area contributed by atoms with Gasteiger partial charge in [0.2, 0.25) is 0 Å². The Labute approximate surface area is 77.2 Å². The molecule has 2 N–H and O–H groups in total. The highest BCUT2D eigenvalue weighted by Gasteiger charge is 2.09. The van der Waals surface area contributed by atoms with Crippen LogP contribution in [0.1, 0.15) is 5.69 Å². The number of fused-ring (bicyclic) bond motifs is 1. The van der Waals surface area contributed by atoms with Crippen molar-refractivity contribution in [2.75, 3.05) is 0 Å². The molecule has 0 atom stereocenters. The molecule has 0 saturated heterocycles. The molecule has 5 heteroatoms. The highest BCUT2D eigenvalue weighted by Crippen LogP contribution is 2.24. The van der Waals surface area contributed by atoms with Crippen LogP contribution >= 0.6 is 11.5 Å². The van der Waals surface area contributed by atoms with E-state index in [0.717, 1.165) is 23.7 Å². The normalized spacial score (nSPS) is 11.0. The summed E-state index contributed by atoms with van der Waals surface area (Å²) in [6, 6.07) is 2.28. The lowest BCUT2D eigenvalue weighted by atomic mass is 10.2. The van der Waals surface area contributed by atoms with Crippen LogP contribution in [-0.4, -0.2) is 4.37 Å². The van der Waals surface area contributed by atoms with E-state index in [2.05, 4.69) is 4.37 Å². The Balaban J connectivity index is 2.77. The van der Waals surface area contributed by atoms with Crippen molar-refractivity contribution in [3.05, 3.63) is 29.5 Å². The zero-order chi connectivity index (χ0) is 9.42. The summed E-state index contributed by atoms with van der Waals surface area (Å²) in [4.78, 5) is 0. The lowest BCUT2D eigenvalue weighted by Gasteiger charge is -1.94. The topological polar surface area (TPSA) is 38.9 Å². The third kappa shape index (κ3) is 1.30. The molecule has 1 aromatic heterocycles. The van der Waals surface area contributed by atoms with Crippen LogP contribution in [0.25, 0.3) is 10.1 Å². The minimum absolute atomic E-state index is 0.241. The largest absolute Gasteiger partial charge is 0.325 e. The first-order valence-corrected chi connectivity index (χ1v) is 4.43. The summed E-state index contributed by atoms with van der Waals surface area (Å²) in [5, 5.41) is 0.603. The Kier molecular flexibility index (Phi) is 1.97. The van der Waals surface area contributed by atoms with Gasteiger partial charge in [0.25, 0.3) is 0 Å². The van der Waals surface area contributed by atoms with Gasteiger partial charge in [0, 0.05) is 11.9 Å². The van der Waals surface area contributed by atoms with Crippen LogP contribution in [0.3, 0.4) is 0 Å². The summed E-state index contributed by atoms with van der Waals surface area (Å²) in [7, 11) is 0. The van der Waals surface area contributed by atoms with Gasteiger partial charge < -0.3 is 5.73 Å². The van der Waals surface area contributed by atoms with E-state index < -0.39 is 11.6 Å². The van der Waals surface area contributed by atoms with E-state index in [1.165, 1.54) is 0 Å². The predicted molar refractivity (Wildman–Crippen MR) is 47.4 cm³/mol. The first-order chi connectivity index (χ1) is 6.22. The van der Waals surface area contributed by atoms with Gasteiger partial charge in [0.05, 0.1) is 10.4 Å². The van der Waals surface area contributed by atoms with Crippen molar-refractivity contribution in [3.63, 3.8) is 0 Å². The van der Waals surface area contributed by atoms with Gasteiger partial charge in [-0.15, -0.1) is 0 Å². The first kappa shape index (κ1) is 8.52. The molecule has 2 nitrogen and oxygen atoms in total. The molecule has 0 unspecified atom stereocenters. The van der Waals surface area contributed by atoms with Gasteiger partial charge in [-0.2, -0.15) is 4.37 Å². The van der Waals surface area contributed by atoms with Crippen molar-refractivity contribution in [2.24, 2.45) is 5.73 Å². The molecule has 2 rings (SSSR count). The molecule has 0 bridgehead atoms. The monoisotopic (exact) mass is 200 g/mol. The van der Waals surface area contributed by atoms with E-state index >= 15 is 0 Å². The van der Waals surface area contributed by atoms with E-state index in [4.69, 9.17) is 5.73 Å². The standard InChI is InChI=1S/C8H6F2N2S/c9-5-1-4-7(3-11)12-13-8(4)2-6(5)10/h1-2H,3,11H2. The van der Waals surface area contributed by atoms with Crippen LogP contribution in [-0.2, 0) is 6.54 Å². The Hall–Kier alpha value is -1.07. The Morgan fingerprint density at radius 2 is 2.00 bits per heavy atom.